The van der Waals surface area contributed by atoms with Crippen LogP contribution in [0.25, 0.3) is 21.7 Å². The zero-order chi connectivity index (χ0) is 23.5. The van der Waals surface area contributed by atoms with E-state index in [1.54, 1.807) is 6.07 Å². The average molecular weight is 453 g/mol. The van der Waals surface area contributed by atoms with Gasteiger partial charge in [-0.3, -0.25) is 19.5 Å². The fraction of sp³-hybridized carbons (Fsp3) is 0.250. The Kier molecular flexibility index (Phi) is 6.23. The molecule has 2 amide bonds. The van der Waals surface area contributed by atoms with E-state index in [0.717, 1.165) is 42.5 Å². The van der Waals surface area contributed by atoms with Crippen LogP contribution >= 0.6 is 0 Å². The van der Waals surface area contributed by atoms with Crippen LogP contribution < -0.4 is 10.6 Å². The number of nitrogens with one attached hydrogen (secondary N) is 2. The summed E-state index contributed by atoms with van der Waals surface area (Å²) in [6.07, 6.45) is 2.29. The van der Waals surface area contributed by atoms with E-state index in [-0.39, 0.29) is 6.04 Å². The molecule has 0 spiro atoms. The molecule has 1 saturated heterocycles. The predicted molar refractivity (Wildman–Crippen MR) is 136 cm³/mol. The van der Waals surface area contributed by atoms with Crippen molar-refractivity contribution in [3.63, 3.8) is 0 Å². The molecule has 1 atom stereocenters. The summed E-state index contributed by atoms with van der Waals surface area (Å²) < 4.78 is 0. The first kappa shape index (κ1) is 22.0. The van der Waals surface area contributed by atoms with Gasteiger partial charge in [-0.1, -0.05) is 60.7 Å². The van der Waals surface area contributed by atoms with Crippen molar-refractivity contribution < 1.29 is 9.59 Å². The molecular formula is C28H28N4O2. The largest absolute Gasteiger partial charge is 0.346 e. The number of fused-ring (bicyclic) bond motifs is 2. The summed E-state index contributed by atoms with van der Waals surface area (Å²) in [5.74, 6) is -1.31. The second-order valence-electron chi connectivity index (χ2n) is 8.82. The zero-order valence-electron chi connectivity index (χ0n) is 19.3. The van der Waals surface area contributed by atoms with Crippen LogP contribution in [-0.4, -0.2) is 41.3 Å². The normalized spacial score (nSPS) is 14.9. The Morgan fingerprint density at radius 3 is 2.44 bits per heavy atom. The highest BCUT2D eigenvalue weighted by molar-refractivity contribution is 6.40. The standard InChI is InChI=1S/C28H28N4O2/c1-19-17-25(23-12-4-5-14-24(23)30-19)31-28(34)27(33)29-18-26(32-15-6-7-16-32)22-13-8-10-20-9-2-3-11-21(20)22/h2-5,8-14,17,26H,6-7,15-16,18H2,1H3,(H,29,33)(H,30,31,34)/t26-/m0/s1. The van der Waals surface area contributed by atoms with E-state index >= 15 is 0 Å². The Morgan fingerprint density at radius 2 is 1.62 bits per heavy atom. The van der Waals surface area contributed by atoms with Gasteiger partial charge in [-0.2, -0.15) is 0 Å². The molecule has 2 N–H and O–H groups in total. The van der Waals surface area contributed by atoms with E-state index < -0.39 is 11.8 Å². The fourth-order valence-corrected chi connectivity index (χ4v) is 4.89. The van der Waals surface area contributed by atoms with Gasteiger partial charge in [-0.15, -0.1) is 0 Å². The molecule has 34 heavy (non-hydrogen) atoms. The molecule has 1 fully saturated rings. The second-order valence-corrected chi connectivity index (χ2v) is 8.82. The molecule has 1 aromatic heterocycles. The van der Waals surface area contributed by atoms with Gasteiger partial charge in [0.25, 0.3) is 0 Å². The number of pyridine rings is 1. The Morgan fingerprint density at radius 1 is 0.912 bits per heavy atom. The van der Waals surface area contributed by atoms with Crippen molar-refractivity contribution >= 4 is 39.2 Å². The second kappa shape index (κ2) is 9.61. The maximum atomic E-state index is 12.8. The average Bonchev–Trinajstić information content (AvgIpc) is 3.38. The first-order chi connectivity index (χ1) is 16.6. The summed E-state index contributed by atoms with van der Waals surface area (Å²) in [7, 11) is 0. The summed E-state index contributed by atoms with van der Waals surface area (Å²) in [6, 6.07) is 24.0. The Balaban J connectivity index is 1.35. The highest BCUT2D eigenvalue weighted by Gasteiger charge is 2.26. The third-order valence-corrected chi connectivity index (χ3v) is 6.52. The molecule has 0 unspecified atom stereocenters. The molecule has 0 aliphatic carbocycles. The van der Waals surface area contributed by atoms with E-state index in [9.17, 15) is 9.59 Å². The number of aryl methyl sites for hydroxylation is 1. The van der Waals surface area contributed by atoms with E-state index in [1.807, 2.05) is 43.3 Å². The van der Waals surface area contributed by atoms with Crippen LogP contribution in [0.3, 0.4) is 0 Å². The van der Waals surface area contributed by atoms with E-state index in [4.69, 9.17) is 0 Å². The number of para-hydroxylation sites is 1. The smallest absolute Gasteiger partial charge is 0.313 e. The maximum Gasteiger partial charge on any atom is 0.313 e. The number of carbonyl (C=O) groups is 2. The Bertz CT molecular complexity index is 1360. The van der Waals surface area contributed by atoms with E-state index in [2.05, 4.69) is 50.8 Å². The van der Waals surface area contributed by atoms with E-state index in [0.29, 0.717) is 12.2 Å². The number of nitrogens with zero attached hydrogens (tertiary/aromatic N) is 2. The highest BCUT2D eigenvalue weighted by Crippen LogP contribution is 2.30. The van der Waals surface area contributed by atoms with Gasteiger partial charge in [0.1, 0.15) is 0 Å². The molecule has 5 rings (SSSR count). The van der Waals surface area contributed by atoms with Crippen molar-refractivity contribution in [2.24, 2.45) is 0 Å². The molecule has 6 nitrogen and oxygen atoms in total. The fourth-order valence-electron chi connectivity index (χ4n) is 4.89. The summed E-state index contributed by atoms with van der Waals surface area (Å²) in [5, 5.41) is 8.84. The van der Waals surface area contributed by atoms with Crippen LogP contribution in [0, 0.1) is 6.92 Å². The summed E-state index contributed by atoms with van der Waals surface area (Å²) >= 11 is 0. The number of amides is 2. The van der Waals surface area contributed by atoms with Gasteiger partial charge in [0.2, 0.25) is 0 Å². The number of carbonyl (C=O) groups excluding carboxylic acids is 2. The lowest BCUT2D eigenvalue weighted by molar-refractivity contribution is -0.136. The third-order valence-electron chi connectivity index (χ3n) is 6.52. The minimum atomic E-state index is -0.672. The van der Waals surface area contributed by atoms with Crippen LogP contribution in [0.4, 0.5) is 5.69 Å². The third kappa shape index (κ3) is 4.50. The number of rotatable bonds is 5. The molecule has 1 aliphatic rings. The lowest BCUT2D eigenvalue weighted by Crippen LogP contribution is -2.41. The van der Waals surface area contributed by atoms with Gasteiger partial charge in [0.15, 0.2) is 0 Å². The molecule has 1 aliphatic heterocycles. The van der Waals surface area contributed by atoms with Gasteiger partial charge in [0, 0.05) is 17.6 Å². The maximum absolute atomic E-state index is 12.8. The van der Waals surface area contributed by atoms with Crippen LogP contribution in [-0.2, 0) is 9.59 Å². The first-order valence-electron chi connectivity index (χ1n) is 11.8. The van der Waals surface area contributed by atoms with Crippen LogP contribution in [0.2, 0.25) is 0 Å². The summed E-state index contributed by atoms with van der Waals surface area (Å²) in [6.45, 7) is 4.21. The van der Waals surface area contributed by atoms with Crippen molar-refractivity contribution in [2.75, 3.05) is 25.0 Å². The zero-order valence-corrected chi connectivity index (χ0v) is 19.3. The Hall–Kier alpha value is -3.77. The number of anilines is 1. The number of benzene rings is 3. The molecule has 3 aromatic carbocycles. The van der Waals surface area contributed by atoms with Crippen LogP contribution in [0.1, 0.15) is 30.1 Å². The quantitative estimate of drug-likeness (QED) is 0.435. The summed E-state index contributed by atoms with van der Waals surface area (Å²) in [5.41, 5.74) is 3.33. The molecule has 2 heterocycles. The number of hydrogen-bond acceptors (Lipinski definition) is 4. The predicted octanol–water partition coefficient (Wildman–Crippen LogP) is 4.59. The van der Waals surface area contributed by atoms with Crippen LogP contribution in [0.15, 0.2) is 72.8 Å². The number of hydrogen-bond donors (Lipinski definition) is 2. The van der Waals surface area contributed by atoms with Gasteiger partial charge < -0.3 is 10.6 Å². The van der Waals surface area contributed by atoms with Gasteiger partial charge in [-0.05, 0) is 61.3 Å². The Labute approximate surface area is 199 Å². The van der Waals surface area contributed by atoms with Crippen molar-refractivity contribution in [2.45, 2.75) is 25.8 Å². The molecule has 0 radical (unpaired) electrons. The first-order valence-corrected chi connectivity index (χ1v) is 11.8. The number of aromatic nitrogens is 1. The SMILES string of the molecule is Cc1cc(NC(=O)C(=O)NC[C@@H](c2cccc3ccccc23)N2CCCC2)c2ccccc2n1. The lowest BCUT2D eigenvalue weighted by Gasteiger charge is -2.29. The summed E-state index contributed by atoms with van der Waals surface area (Å²) in [4.78, 5) is 32.5. The molecule has 6 heteroatoms. The van der Waals surface area contributed by atoms with Crippen molar-refractivity contribution in [3.8, 4) is 0 Å². The molecule has 172 valence electrons. The van der Waals surface area contributed by atoms with Crippen LogP contribution in [0.5, 0.6) is 0 Å². The van der Waals surface area contributed by atoms with E-state index in [1.165, 1.54) is 16.3 Å². The van der Waals surface area contributed by atoms with Crippen molar-refractivity contribution in [1.82, 2.24) is 15.2 Å². The molecule has 0 saturated carbocycles. The van der Waals surface area contributed by atoms with Gasteiger partial charge in [-0.25, -0.2) is 0 Å². The van der Waals surface area contributed by atoms with Crippen molar-refractivity contribution in [1.29, 1.82) is 0 Å². The molecule has 0 bridgehead atoms. The highest BCUT2D eigenvalue weighted by atomic mass is 16.2. The lowest BCUT2D eigenvalue weighted by atomic mass is 9.97. The minimum Gasteiger partial charge on any atom is -0.346 e. The topological polar surface area (TPSA) is 74.3 Å². The number of likely N-dealkylation sites (tertiary alicyclic amines) is 1. The van der Waals surface area contributed by atoms with Gasteiger partial charge >= 0.3 is 11.8 Å². The minimum absolute atomic E-state index is 0.00866. The monoisotopic (exact) mass is 452 g/mol. The molecule has 4 aromatic rings. The van der Waals surface area contributed by atoms with Gasteiger partial charge in [0.05, 0.1) is 17.2 Å². The molecular weight excluding hydrogens is 424 g/mol. The van der Waals surface area contributed by atoms with Crippen molar-refractivity contribution in [3.05, 3.63) is 84.1 Å².